The number of piperidine rings is 1. The number of esters is 1. The number of nitrogens with zero attached hydrogens (tertiary/aromatic N) is 6. The third kappa shape index (κ3) is 4.99. The van der Waals surface area contributed by atoms with Crippen LogP contribution in [0.1, 0.15) is 29.0 Å². The van der Waals surface area contributed by atoms with Gasteiger partial charge in [-0.2, -0.15) is 0 Å². The molecule has 1 fully saturated rings. The quantitative estimate of drug-likeness (QED) is 0.279. The molecule has 0 spiro atoms. The Hall–Kier alpha value is -2.79. The fourth-order valence-corrected chi connectivity index (χ4v) is 4.57. The van der Waals surface area contributed by atoms with Crippen LogP contribution in [0.2, 0.25) is 0 Å². The summed E-state index contributed by atoms with van der Waals surface area (Å²) in [5.41, 5.74) is 1.77. The van der Waals surface area contributed by atoms with E-state index in [0.29, 0.717) is 48.2 Å². The van der Waals surface area contributed by atoms with E-state index in [2.05, 4.69) is 36.2 Å². The number of halogens is 1. The lowest BCUT2D eigenvalue weighted by Gasteiger charge is -2.30. The number of benzene rings is 1. The number of aromatic nitrogens is 5. The van der Waals surface area contributed by atoms with E-state index in [1.807, 2.05) is 24.3 Å². The maximum absolute atomic E-state index is 13.3. The van der Waals surface area contributed by atoms with E-state index in [9.17, 15) is 9.59 Å². The van der Waals surface area contributed by atoms with Crippen LogP contribution in [-0.2, 0) is 15.3 Å². The molecule has 2 aromatic heterocycles. The second kappa shape index (κ2) is 10.2. The first-order chi connectivity index (χ1) is 15.6. The van der Waals surface area contributed by atoms with Gasteiger partial charge >= 0.3 is 5.97 Å². The van der Waals surface area contributed by atoms with Crippen LogP contribution < -0.4 is 0 Å². The fraction of sp³-hybridized carbons (Fsp3) is 0.333. The summed E-state index contributed by atoms with van der Waals surface area (Å²) in [5, 5.41) is 9.12. The highest BCUT2D eigenvalue weighted by atomic mass is 79.9. The highest BCUT2D eigenvalue weighted by molar-refractivity contribution is 9.10. The van der Waals surface area contributed by atoms with Crippen molar-refractivity contribution in [1.29, 1.82) is 0 Å². The topological polar surface area (TPSA) is 103 Å². The number of carbonyl (C=O) groups is 2. The molecule has 1 aliphatic rings. The molecule has 0 unspecified atom stereocenters. The zero-order chi connectivity index (χ0) is 22.5. The zero-order valence-corrected chi connectivity index (χ0v) is 19.8. The largest absolute Gasteiger partial charge is 0.469 e. The highest BCUT2D eigenvalue weighted by Gasteiger charge is 2.31. The molecule has 0 aliphatic carbocycles. The molecule has 1 amide bonds. The third-order valence-electron chi connectivity index (χ3n) is 5.23. The number of ether oxygens (including phenoxy) is 1. The molecule has 0 radical (unpaired) electrons. The van der Waals surface area contributed by atoms with Crippen LogP contribution in [0.15, 0.2) is 52.4 Å². The summed E-state index contributed by atoms with van der Waals surface area (Å²) in [6.45, 7) is 0.941. The molecule has 9 nitrogen and oxygen atoms in total. The molecule has 1 aromatic carbocycles. The predicted molar refractivity (Wildman–Crippen MR) is 121 cm³/mol. The Balaban J connectivity index is 1.59. The Bertz CT molecular complexity index is 1080. The molecule has 11 heteroatoms. The maximum atomic E-state index is 13.3. The number of rotatable bonds is 6. The van der Waals surface area contributed by atoms with Gasteiger partial charge in [0.1, 0.15) is 0 Å². The SMILES string of the molecule is COC(=O)C1CCN(C(=O)c2nnn(-c3ccc(Br)cc3)c2CSc2ncccn2)CC1. The number of thioether (sulfide) groups is 1. The van der Waals surface area contributed by atoms with Crippen LogP contribution in [-0.4, -0.2) is 61.9 Å². The normalized spacial score (nSPS) is 14.4. The van der Waals surface area contributed by atoms with Crippen LogP contribution in [0.25, 0.3) is 5.69 Å². The second-order valence-corrected chi connectivity index (χ2v) is 9.04. The number of hydrogen-bond acceptors (Lipinski definition) is 8. The molecule has 4 rings (SSSR count). The molecule has 0 bridgehead atoms. The van der Waals surface area contributed by atoms with Crippen LogP contribution in [0, 0.1) is 5.92 Å². The van der Waals surface area contributed by atoms with E-state index in [0.717, 1.165) is 10.2 Å². The molecule has 166 valence electrons. The van der Waals surface area contributed by atoms with Crippen molar-refractivity contribution in [3.63, 3.8) is 0 Å². The monoisotopic (exact) mass is 516 g/mol. The zero-order valence-electron chi connectivity index (χ0n) is 17.3. The number of likely N-dealkylation sites (tertiary alicyclic amines) is 1. The summed E-state index contributed by atoms with van der Waals surface area (Å²) < 4.78 is 7.46. The summed E-state index contributed by atoms with van der Waals surface area (Å²) in [7, 11) is 1.39. The molecule has 32 heavy (non-hydrogen) atoms. The lowest BCUT2D eigenvalue weighted by molar-refractivity contribution is -0.146. The molecule has 3 aromatic rings. The second-order valence-electron chi connectivity index (χ2n) is 7.18. The van der Waals surface area contributed by atoms with Crippen LogP contribution in [0.3, 0.4) is 0 Å². The molecule has 0 saturated carbocycles. The van der Waals surface area contributed by atoms with Crippen molar-refractivity contribution >= 4 is 39.6 Å². The summed E-state index contributed by atoms with van der Waals surface area (Å²) in [5.74, 6) is -0.167. The highest BCUT2D eigenvalue weighted by Crippen LogP contribution is 2.26. The van der Waals surface area contributed by atoms with Crippen molar-refractivity contribution in [2.45, 2.75) is 23.8 Å². The lowest BCUT2D eigenvalue weighted by atomic mass is 9.97. The van der Waals surface area contributed by atoms with Crippen molar-refractivity contribution in [2.75, 3.05) is 20.2 Å². The van der Waals surface area contributed by atoms with Gasteiger partial charge in [0.05, 0.1) is 24.4 Å². The van der Waals surface area contributed by atoms with Gasteiger partial charge in [-0.15, -0.1) is 5.10 Å². The minimum Gasteiger partial charge on any atom is -0.469 e. The van der Waals surface area contributed by atoms with Gasteiger partial charge in [0.25, 0.3) is 5.91 Å². The Morgan fingerprint density at radius 2 is 1.84 bits per heavy atom. The Labute approximate surface area is 197 Å². The minimum atomic E-state index is -0.224. The van der Waals surface area contributed by atoms with Crippen molar-refractivity contribution in [3.8, 4) is 5.69 Å². The van der Waals surface area contributed by atoms with Crippen molar-refractivity contribution in [1.82, 2.24) is 29.9 Å². The van der Waals surface area contributed by atoms with E-state index >= 15 is 0 Å². The Morgan fingerprint density at radius 1 is 1.16 bits per heavy atom. The van der Waals surface area contributed by atoms with Gasteiger partial charge in [-0.05, 0) is 43.2 Å². The van der Waals surface area contributed by atoms with Gasteiger partial charge < -0.3 is 9.64 Å². The molecule has 0 atom stereocenters. The number of hydrogen-bond donors (Lipinski definition) is 0. The molecule has 3 heterocycles. The average Bonchev–Trinajstić information content (AvgIpc) is 3.27. The standard InChI is InChI=1S/C21H21BrN6O3S/c1-31-20(30)14-7-11-27(12-8-14)19(29)18-17(13-32-21-23-9-2-10-24-21)28(26-25-18)16-5-3-15(22)4-6-16/h2-6,9-10,14H,7-8,11-13H2,1H3. The Kier molecular flexibility index (Phi) is 7.15. The van der Waals surface area contributed by atoms with Crippen LogP contribution >= 0.6 is 27.7 Å². The molecule has 1 saturated heterocycles. The van der Waals surface area contributed by atoms with Crippen LogP contribution in [0.4, 0.5) is 0 Å². The average molecular weight is 517 g/mol. The molecular formula is C21H21BrN6O3S. The minimum absolute atomic E-state index is 0.173. The molecular weight excluding hydrogens is 496 g/mol. The third-order valence-corrected chi connectivity index (χ3v) is 6.65. The first-order valence-electron chi connectivity index (χ1n) is 10.0. The number of amides is 1. The van der Waals surface area contributed by atoms with E-state index in [4.69, 9.17) is 4.74 Å². The molecule has 0 N–H and O–H groups in total. The fourth-order valence-electron chi connectivity index (χ4n) is 3.51. The van der Waals surface area contributed by atoms with Gasteiger partial charge in [-0.25, -0.2) is 14.6 Å². The smallest absolute Gasteiger partial charge is 0.308 e. The summed E-state index contributed by atoms with van der Waals surface area (Å²) in [6.07, 6.45) is 4.50. The Morgan fingerprint density at radius 3 is 2.50 bits per heavy atom. The van der Waals surface area contributed by atoms with Crippen molar-refractivity contribution < 1.29 is 14.3 Å². The maximum Gasteiger partial charge on any atom is 0.308 e. The van der Waals surface area contributed by atoms with Gasteiger partial charge in [0.2, 0.25) is 0 Å². The van der Waals surface area contributed by atoms with Crippen LogP contribution in [0.5, 0.6) is 0 Å². The van der Waals surface area contributed by atoms with Gasteiger partial charge in [0, 0.05) is 35.7 Å². The van der Waals surface area contributed by atoms with Gasteiger partial charge in [0.15, 0.2) is 10.9 Å². The van der Waals surface area contributed by atoms with Crippen molar-refractivity contribution in [2.24, 2.45) is 5.92 Å². The number of carbonyl (C=O) groups excluding carboxylic acids is 2. The lowest BCUT2D eigenvalue weighted by Crippen LogP contribution is -2.41. The summed E-state index contributed by atoms with van der Waals surface area (Å²) in [6, 6.07) is 9.38. The van der Waals surface area contributed by atoms with Gasteiger partial charge in [-0.3, -0.25) is 9.59 Å². The first kappa shape index (κ1) is 22.4. The van der Waals surface area contributed by atoms with E-state index in [1.165, 1.54) is 18.9 Å². The van der Waals surface area contributed by atoms with Gasteiger partial charge in [-0.1, -0.05) is 32.9 Å². The number of methoxy groups -OCH3 is 1. The van der Waals surface area contributed by atoms with E-state index < -0.39 is 0 Å². The molecule has 1 aliphatic heterocycles. The summed E-state index contributed by atoms with van der Waals surface area (Å²) in [4.78, 5) is 35.3. The first-order valence-corrected chi connectivity index (χ1v) is 11.8. The van der Waals surface area contributed by atoms with E-state index in [1.54, 1.807) is 28.0 Å². The van der Waals surface area contributed by atoms with Crippen molar-refractivity contribution in [3.05, 3.63) is 58.6 Å². The van der Waals surface area contributed by atoms with E-state index in [-0.39, 0.29) is 17.8 Å². The predicted octanol–water partition coefficient (Wildman–Crippen LogP) is 3.14. The summed E-state index contributed by atoms with van der Waals surface area (Å²) >= 11 is 4.85.